The van der Waals surface area contributed by atoms with E-state index in [-0.39, 0.29) is 11.8 Å². The lowest BCUT2D eigenvalue weighted by atomic mass is 10.3. The van der Waals surface area contributed by atoms with Gasteiger partial charge >= 0.3 is 6.01 Å². The molecule has 0 aliphatic heterocycles. The van der Waals surface area contributed by atoms with Crippen LogP contribution in [0.15, 0.2) is 36.5 Å². The normalized spacial score (nSPS) is 9.83. The molecule has 1 aromatic carbocycles. The van der Waals surface area contributed by atoms with Crippen LogP contribution in [-0.4, -0.2) is 22.9 Å². The van der Waals surface area contributed by atoms with Gasteiger partial charge in [-0.15, -0.1) is 0 Å². The second-order valence-electron chi connectivity index (χ2n) is 3.42. The Bertz CT molecular complexity index is 554. The lowest BCUT2D eigenvalue weighted by Crippen LogP contribution is -2.13. The first-order valence-corrected chi connectivity index (χ1v) is 5.18. The van der Waals surface area contributed by atoms with Crippen molar-refractivity contribution in [1.29, 1.82) is 5.41 Å². The minimum Gasteiger partial charge on any atom is -0.497 e. The molecule has 92 valence electrons. The van der Waals surface area contributed by atoms with Crippen molar-refractivity contribution < 1.29 is 9.47 Å². The molecule has 0 atom stereocenters. The summed E-state index contributed by atoms with van der Waals surface area (Å²) in [4.78, 5) is 7.94. The second-order valence-corrected chi connectivity index (χ2v) is 3.42. The molecule has 18 heavy (non-hydrogen) atoms. The fourth-order valence-electron chi connectivity index (χ4n) is 1.29. The maximum Gasteiger partial charge on any atom is 0.322 e. The number of ether oxygens (including phenoxy) is 2. The van der Waals surface area contributed by atoms with Crippen LogP contribution in [0.5, 0.6) is 17.5 Å². The van der Waals surface area contributed by atoms with E-state index >= 15 is 0 Å². The molecular formula is C12H12N4O2. The summed E-state index contributed by atoms with van der Waals surface area (Å²) in [6, 6.07) is 8.70. The number of nitrogens with one attached hydrogen (secondary N) is 1. The Morgan fingerprint density at radius 3 is 2.44 bits per heavy atom. The number of hydrogen-bond acceptors (Lipinski definition) is 5. The monoisotopic (exact) mass is 244 g/mol. The fourth-order valence-corrected chi connectivity index (χ4v) is 1.29. The quantitative estimate of drug-likeness (QED) is 0.628. The van der Waals surface area contributed by atoms with E-state index in [0.29, 0.717) is 11.4 Å². The molecule has 1 heterocycles. The topological polar surface area (TPSA) is 94.1 Å². The average molecular weight is 244 g/mol. The van der Waals surface area contributed by atoms with Gasteiger partial charge in [0.1, 0.15) is 23.0 Å². The predicted molar refractivity (Wildman–Crippen MR) is 66.1 cm³/mol. The van der Waals surface area contributed by atoms with Crippen LogP contribution in [0, 0.1) is 5.41 Å². The van der Waals surface area contributed by atoms with Gasteiger partial charge in [0, 0.05) is 6.20 Å². The highest BCUT2D eigenvalue weighted by Crippen LogP contribution is 2.20. The largest absolute Gasteiger partial charge is 0.497 e. The van der Waals surface area contributed by atoms with Crippen LogP contribution >= 0.6 is 0 Å². The summed E-state index contributed by atoms with van der Waals surface area (Å²) >= 11 is 0. The summed E-state index contributed by atoms with van der Waals surface area (Å²) in [6.45, 7) is 0. The van der Waals surface area contributed by atoms with E-state index in [1.807, 2.05) is 0 Å². The summed E-state index contributed by atoms with van der Waals surface area (Å²) in [6.07, 6.45) is 1.49. The van der Waals surface area contributed by atoms with E-state index in [4.69, 9.17) is 20.6 Å². The summed E-state index contributed by atoms with van der Waals surface area (Å²) in [5.74, 6) is 1.19. The van der Waals surface area contributed by atoms with Crippen molar-refractivity contribution >= 4 is 5.84 Å². The van der Waals surface area contributed by atoms with Gasteiger partial charge < -0.3 is 15.2 Å². The Morgan fingerprint density at radius 1 is 1.17 bits per heavy atom. The van der Waals surface area contributed by atoms with Gasteiger partial charge in [-0.25, -0.2) is 4.98 Å². The number of benzene rings is 1. The molecule has 0 amide bonds. The van der Waals surface area contributed by atoms with E-state index < -0.39 is 0 Å². The van der Waals surface area contributed by atoms with E-state index in [9.17, 15) is 0 Å². The van der Waals surface area contributed by atoms with Crippen molar-refractivity contribution in [3.63, 3.8) is 0 Å². The van der Waals surface area contributed by atoms with Gasteiger partial charge in [-0.05, 0) is 30.3 Å². The molecule has 0 aliphatic rings. The van der Waals surface area contributed by atoms with Crippen molar-refractivity contribution in [2.45, 2.75) is 0 Å². The molecule has 6 heteroatoms. The summed E-state index contributed by atoms with van der Waals surface area (Å²) in [5.41, 5.74) is 5.66. The molecule has 0 spiro atoms. The third kappa shape index (κ3) is 2.73. The van der Waals surface area contributed by atoms with E-state index in [1.54, 1.807) is 37.4 Å². The van der Waals surface area contributed by atoms with Crippen molar-refractivity contribution in [1.82, 2.24) is 9.97 Å². The van der Waals surface area contributed by atoms with E-state index in [0.717, 1.165) is 5.75 Å². The summed E-state index contributed by atoms with van der Waals surface area (Å²) in [7, 11) is 1.59. The number of nitrogens with two attached hydrogens (primary N) is 1. The Morgan fingerprint density at radius 2 is 1.83 bits per heavy atom. The number of aromatic nitrogens is 2. The van der Waals surface area contributed by atoms with Crippen molar-refractivity contribution in [2.24, 2.45) is 5.73 Å². The third-order valence-electron chi connectivity index (χ3n) is 2.18. The van der Waals surface area contributed by atoms with Gasteiger partial charge in [-0.2, -0.15) is 4.98 Å². The Labute approximate surface area is 104 Å². The molecule has 0 saturated carbocycles. The van der Waals surface area contributed by atoms with Crippen molar-refractivity contribution in [3.05, 3.63) is 42.2 Å². The van der Waals surface area contributed by atoms with Gasteiger partial charge in [0.25, 0.3) is 0 Å². The van der Waals surface area contributed by atoms with Crippen molar-refractivity contribution in [3.8, 4) is 17.5 Å². The van der Waals surface area contributed by atoms with E-state index in [1.165, 1.54) is 6.20 Å². The minimum atomic E-state index is -0.128. The number of nitrogens with zero attached hydrogens (tertiary/aromatic N) is 2. The highest BCUT2D eigenvalue weighted by atomic mass is 16.5. The zero-order valence-electron chi connectivity index (χ0n) is 9.75. The molecule has 1 aromatic heterocycles. The Kier molecular flexibility index (Phi) is 3.38. The van der Waals surface area contributed by atoms with Crippen LogP contribution in [0.3, 0.4) is 0 Å². The van der Waals surface area contributed by atoms with Gasteiger partial charge in [-0.1, -0.05) is 0 Å². The number of nitrogen functional groups attached to an aromatic ring is 1. The molecule has 2 rings (SSSR count). The van der Waals surface area contributed by atoms with E-state index in [2.05, 4.69) is 9.97 Å². The molecule has 6 nitrogen and oxygen atoms in total. The minimum absolute atomic E-state index is 0.128. The van der Waals surface area contributed by atoms with Gasteiger partial charge in [0.15, 0.2) is 0 Å². The molecule has 0 unspecified atom stereocenters. The molecule has 3 N–H and O–H groups in total. The molecule has 0 bridgehead atoms. The highest BCUT2D eigenvalue weighted by molar-refractivity contribution is 5.92. The smallest absolute Gasteiger partial charge is 0.322 e. The van der Waals surface area contributed by atoms with Crippen LogP contribution in [0.2, 0.25) is 0 Å². The van der Waals surface area contributed by atoms with Gasteiger partial charge in [0.05, 0.1) is 7.11 Å². The zero-order chi connectivity index (χ0) is 13.0. The SMILES string of the molecule is COc1ccc(Oc2nccc(C(=N)N)n2)cc1. The second kappa shape index (κ2) is 5.13. The summed E-state index contributed by atoms with van der Waals surface area (Å²) in [5, 5.41) is 7.28. The first kappa shape index (κ1) is 11.8. The van der Waals surface area contributed by atoms with Crippen LogP contribution in [-0.2, 0) is 0 Å². The third-order valence-corrected chi connectivity index (χ3v) is 2.18. The molecular weight excluding hydrogens is 232 g/mol. The summed E-state index contributed by atoms with van der Waals surface area (Å²) < 4.78 is 10.5. The molecule has 0 fully saturated rings. The Balaban J connectivity index is 2.17. The average Bonchev–Trinajstić information content (AvgIpc) is 2.40. The first-order valence-electron chi connectivity index (χ1n) is 5.18. The predicted octanol–water partition coefficient (Wildman–Crippen LogP) is 1.56. The number of hydrogen-bond donors (Lipinski definition) is 2. The van der Waals surface area contributed by atoms with Gasteiger partial charge in [-0.3, -0.25) is 5.41 Å². The van der Waals surface area contributed by atoms with Gasteiger partial charge in [0.2, 0.25) is 0 Å². The lowest BCUT2D eigenvalue weighted by Gasteiger charge is -2.05. The molecule has 2 aromatic rings. The van der Waals surface area contributed by atoms with Crippen molar-refractivity contribution in [2.75, 3.05) is 7.11 Å². The zero-order valence-corrected chi connectivity index (χ0v) is 9.75. The van der Waals surface area contributed by atoms with Crippen LogP contribution < -0.4 is 15.2 Å². The maximum atomic E-state index is 7.28. The van der Waals surface area contributed by atoms with Crippen LogP contribution in [0.25, 0.3) is 0 Å². The highest BCUT2D eigenvalue weighted by Gasteiger charge is 2.04. The number of rotatable bonds is 4. The molecule has 0 saturated heterocycles. The number of amidine groups is 1. The standard InChI is InChI=1S/C12H12N4O2/c1-17-8-2-4-9(5-3-8)18-12-15-7-6-10(16-12)11(13)14/h2-7H,1H3,(H3,13,14). The fraction of sp³-hybridized carbons (Fsp3) is 0.0833. The lowest BCUT2D eigenvalue weighted by molar-refractivity contribution is 0.410. The molecule has 0 radical (unpaired) electrons. The first-order chi connectivity index (χ1) is 8.69. The number of methoxy groups -OCH3 is 1. The Hall–Kier alpha value is -2.63. The molecule has 0 aliphatic carbocycles. The van der Waals surface area contributed by atoms with Crippen LogP contribution in [0.4, 0.5) is 0 Å². The maximum absolute atomic E-state index is 7.28. The van der Waals surface area contributed by atoms with Crippen LogP contribution in [0.1, 0.15) is 5.69 Å².